The molecule has 1 aliphatic rings. The minimum atomic E-state index is 0.915. The van der Waals surface area contributed by atoms with Gasteiger partial charge in [0.15, 0.2) is 0 Å². The van der Waals surface area contributed by atoms with Gasteiger partial charge in [0.2, 0.25) is 0 Å². The Morgan fingerprint density at radius 2 is 1.88 bits per heavy atom. The molecule has 2 heterocycles. The predicted octanol–water partition coefficient (Wildman–Crippen LogP) is 3.76. The summed E-state index contributed by atoms with van der Waals surface area (Å²) in [5, 5.41) is 5.99. The first-order valence-corrected chi connectivity index (χ1v) is 5.87. The lowest BCUT2D eigenvalue weighted by Gasteiger charge is -2.13. The number of anilines is 1. The van der Waals surface area contributed by atoms with Gasteiger partial charge in [-0.25, -0.2) is 0 Å². The smallest absolute Gasteiger partial charge is 0.0559 e. The predicted molar refractivity (Wildman–Crippen MR) is 73.3 cm³/mol. The molecule has 2 nitrogen and oxygen atoms in total. The first kappa shape index (κ1) is 8.88. The topological polar surface area (TPSA) is 27.8 Å². The second-order valence-electron chi connectivity index (χ2n) is 4.40. The van der Waals surface area contributed by atoms with Crippen molar-refractivity contribution in [3.8, 4) is 0 Å². The molecule has 0 bridgehead atoms. The van der Waals surface area contributed by atoms with Gasteiger partial charge in [0.05, 0.1) is 5.52 Å². The van der Waals surface area contributed by atoms with E-state index in [1.807, 2.05) is 0 Å². The Kier molecular flexibility index (Phi) is 1.64. The maximum absolute atomic E-state index is 3.51. The molecule has 0 aliphatic carbocycles. The molecule has 0 amide bonds. The summed E-state index contributed by atoms with van der Waals surface area (Å²) in [5.41, 5.74) is 4.92. The highest BCUT2D eigenvalue weighted by atomic mass is 14.9. The largest absolute Gasteiger partial charge is 0.381 e. The lowest BCUT2D eigenvalue weighted by molar-refractivity contribution is 1.32. The third kappa shape index (κ3) is 1.15. The lowest BCUT2D eigenvalue weighted by Crippen LogP contribution is -2.04. The van der Waals surface area contributed by atoms with Crippen LogP contribution in [0.1, 0.15) is 5.56 Å². The van der Waals surface area contributed by atoms with Crippen molar-refractivity contribution in [3.63, 3.8) is 0 Å². The summed E-state index contributed by atoms with van der Waals surface area (Å²) >= 11 is 0. The monoisotopic (exact) mass is 220 g/mol. The lowest BCUT2D eigenvalue weighted by atomic mass is 10.0. The normalized spacial score (nSPS) is 13.9. The summed E-state index contributed by atoms with van der Waals surface area (Å²) in [6, 6.07) is 12.8. The zero-order chi connectivity index (χ0) is 11.2. The quantitative estimate of drug-likeness (QED) is 0.593. The van der Waals surface area contributed by atoms with Crippen LogP contribution in [0.4, 0.5) is 5.69 Å². The number of aromatic amines is 1. The van der Waals surface area contributed by atoms with Gasteiger partial charge < -0.3 is 10.3 Å². The van der Waals surface area contributed by atoms with Crippen LogP contribution in [0.3, 0.4) is 0 Å². The highest BCUT2D eigenvalue weighted by Crippen LogP contribution is 2.33. The van der Waals surface area contributed by atoms with Crippen LogP contribution >= 0.6 is 0 Å². The van der Waals surface area contributed by atoms with E-state index in [1.165, 1.54) is 33.1 Å². The van der Waals surface area contributed by atoms with Gasteiger partial charge in [0.25, 0.3) is 0 Å². The minimum Gasteiger partial charge on any atom is -0.381 e. The average Bonchev–Trinajstić information content (AvgIpc) is 2.78. The van der Waals surface area contributed by atoms with E-state index in [2.05, 4.69) is 58.9 Å². The molecule has 4 rings (SSSR count). The van der Waals surface area contributed by atoms with Crippen LogP contribution < -0.4 is 5.32 Å². The van der Waals surface area contributed by atoms with Gasteiger partial charge in [-0.1, -0.05) is 36.4 Å². The summed E-state index contributed by atoms with van der Waals surface area (Å²) in [5.74, 6) is 0. The van der Waals surface area contributed by atoms with Gasteiger partial charge >= 0.3 is 0 Å². The number of fused-ring (bicyclic) bond motifs is 5. The molecule has 2 N–H and O–H groups in total. The summed E-state index contributed by atoms with van der Waals surface area (Å²) in [7, 11) is 0. The molecular formula is C15H12N2. The SMILES string of the molecule is C1=Cc2c(ccc3c2[nH]c2ccccc23)NC1. The van der Waals surface area contributed by atoms with Gasteiger partial charge in [0, 0.05) is 34.1 Å². The molecule has 0 atom stereocenters. The minimum absolute atomic E-state index is 0.915. The van der Waals surface area contributed by atoms with Gasteiger partial charge in [0.1, 0.15) is 0 Å². The van der Waals surface area contributed by atoms with Crippen LogP contribution in [-0.4, -0.2) is 11.5 Å². The molecule has 0 unspecified atom stereocenters. The Morgan fingerprint density at radius 3 is 2.88 bits per heavy atom. The van der Waals surface area contributed by atoms with E-state index in [9.17, 15) is 0 Å². The fourth-order valence-corrected chi connectivity index (χ4v) is 2.61. The summed E-state index contributed by atoms with van der Waals surface area (Å²) < 4.78 is 0. The summed E-state index contributed by atoms with van der Waals surface area (Å²) in [4.78, 5) is 3.51. The first-order chi connectivity index (χ1) is 8.43. The van der Waals surface area contributed by atoms with Gasteiger partial charge in [-0.15, -0.1) is 0 Å². The third-order valence-electron chi connectivity index (χ3n) is 3.42. The van der Waals surface area contributed by atoms with Crippen molar-refractivity contribution in [3.05, 3.63) is 48.0 Å². The maximum Gasteiger partial charge on any atom is 0.0559 e. The fourth-order valence-electron chi connectivity index (χ4n) is 2.61. The second kappa shape index (κ2) is 3.14. The van der Waals surface area contributed by atoms with Crippen LogP contribution in [-0.2, 0) is 0 Å². The standard InChI is InChI=1S/C15H12N2/c1-2-6-14-10(4-1)11-7-8-13-12(15(11)17-14)5-3-9-16-13/h1-8,16-17H,9H2. The molecule has 17 heavy (non-hydrogen) atoms. The van der Waals surface area contributed by atoms with E-state index in [1.54, 1.807) is 0 Å². The number of para-hydroxylation sites is 1. The first-order valence-electron chi connectivity index (χ1n) is 5.87. The third-order valence-corrected chi connectivity index (χ3v) is 3.42. The number of aromatic nitrogens is 1. The van der Waals surface area contributed by atoms with Crippen LogP contribution in [0, 0.1) is 0 Å². The Hall–Kier alpha value is -2.22. The van der Waals surface area contributed by atoms with E-state index >= 15 is 0 Å². The maximum atomic E-state index is 3.51. The van der Waals surface area contributed by atoms with E-state index in [-0.39, 0.29) is 0 Å². The highest BCUT2D eigenvalue weighted by molar-refractivity contribution is 6.11. The van der Waals surface area contributed by atoms with Crippen LogP contribution in [0.15, 0.2) is 42.5 Å². The number of H-pyrrole nitrogens is 1. The van der Waals surface area contributed by atoms with E-state index in [4.69, 9.17) is 0 Å². The molecule has 0 saturated heterocycles. The molecule has 0 radical (unpaired) electrons. The summed E-state index contributed by atoms with van der Waals surface area (Å²) in [6.45, 7) is 0.915. The number of nitrogens with one attached hydrogen (secondary N) is 2. The second-order valence-corrected chi connectivity index (χ2v) is 4.40. The van der Waals surface area contributed by atoms with Crippen molar-refractivity contribution in [1.29, 1.82) is 0 Å². The van der Waals surface area contributed by atoms with E-state index in [0.717, 1.165) is 6.54 Å². The average molecular weight is 220 g/mol. The van der Waals surface area contributed by atoms with Crippen molar-refractivity contribution in [1.82, 2.24) is 4.98 Å². The zero-order valence-electron chi connectivity index (χ0n) is 9.33. The molecule has 2 aromatic carbocycles. The van der Waals surface area contributed by atoms with Crippen molar-refractivity contribution in [2.75, 3.05) is 11.9 Å². The molecule has 2 heteroatoms. The van der Waals surface area contributed by atoms with Crippen molar-refractivity contribution < 1.29 is 0 Å². The molecule has 0 spiro atoms. The van der Waals surface area contributed by atoms with E-state index < -0.39 is 0 Å². The van der Waals surface area contributed by atoms with Gasteiger partial charge in [-0.2, -0.15) is 0 Å². The Balaban J connectivity index is 2.22. The van der Waals surface area contributed by atoms with Gasteiger partial charge in [-0.05, 0) is 12.1 Å². The molecule has 0 fully saturated rings. The fraction of sp³-hybridized carbons (Fsp3) is 0.0667. The van der Waals surface area contributed by atoms with Crippen LogP contribution in [0.2, 0.25) is 0 Å². The Morgan fingerprint density at radius 1 is 0.941 bits per heavy atom. The zero-order valence-corrected chi connectivity index (χ0v) is 9.33. The number of benzene rings is 2. The molecule has 0 saturated carbocycles. The summed E-state index contributed by atoms with van der Waals surface area (Å²) in [6.07, 6.45) is 4.36. The number of hydrogen-bond donors (Lipinski definition) is 2. The van der Waals surface area contributed by atoms with Crippen LogP contribution in [0.25, 0.3) is 27.9 Å². The van der Waals surface area contributed by atoms with E-state index in [0.29, 0.717) is 0 Å². The van der Waals surface area contributed by atoms with Gasteiger partial charge in [-0.3, -0.25) is 0 Å². The molecule has 1 aliphatic heterocycles. The van der Waals surface area contributed by atoms with Crippen molar-refractivity contribution >= 4 is 33.6 Å². The Labute approximate surface area is 99.0 Å². The molecule has 82 valence electrons. The van der Waals surface area contributed by atoms with Crippen molar-refractivity contribution in [2.24, 2.45) is 0 Å². The molecular weight excluding hydrogens is 208 g/mol. The molecule has 3 aromatic rings. The van der Waals surface area contributed by atoms with Crippen LogP contribution in [0.5, 0.6) is 0 Å². The van der Waals surface area contributed by atoms with Crippen molar-refractivity contribution in [2.45, 2.75) is 0 Å². The molecule has 1 aromatic heterocycles. The number of hydrogen-bond acceptors (Lipinski definition) is 1. The number of rotatable bonds is 0. The highest BCUT2D eigenvalue weighted by Gasteiger charge is 2.11. The Bertz CT molecular complexity index is 750.